The van der Waals surface area contributed by atoms with E-state index in [2.05, 4.69) is 13.8 Å². The fraction of sp³-hybridized carbons (Fsp3) is 0.625. The smallest absolute Gasteiger partial charge is 0.337 e. The molecule has 6 rings (SSSR count). The van der Waals surface area contributed by atoms with Crippen LogP contribution >= 0.6 is 11.6 Å². The highest BCUT2D eigenvalue weighted by molar-refractivity contribution is 6.34. The van der Waals surface area contributed by atoms with Crippen LogP contribution < -0.4 is 0 Å². The van der Waals surface area contributed by atoms with Crippen molar-refractivity contribution < 1.29 is 14.7 Å². The average Bonchev–Trinajstić information content (AvgIpc) is 2.58. The van der Waals surface area contributed by atoms with E-state index >= 15 is 0 Å². The van der Waals surface area contributed by atoms with Crippen molar-refractivity contribution in [1.29, 1.82) is 0 Å². The van der Waals surface area contributed by atoms with Crippen LogP contribution in [-0.2, 0) is 11.2 Å². The van der Waals surface area contributed by atoms with E-state index in [0.29, 0.717) is 18.6 Å². The topological polar surface area (TPSA) is 66.7 Å². The first-order valence-electron chi connectivity index (χ1n) is 10.8. The number of rotatable bonds is 4. The lowest BCUT2D eigenvalue weighted by Gasteiger charge is -2.56. The van der Waals surface area contributed by atoms with Crippen LogP contribution in [0.1, 0.15) is 80.3 Å². The van der Waals surface area contributed by atoms with Gasteiger partial charge in [0.05, 0.1) is 21.8 Å². The van der Waals surface area contributed by atoms with Crippen LogP contribution in [0.2, 0.25) is 5.02 Å². The standard InChI is InChI=1S/C24H28ClNO3/c1-23(2)12-16-6-19(25)18(22(28)29)7-17(16)20(26-23)8-21(27)24-9-13-3-14(10-24)5-15(4-13)11-24/h6-7,13-15H,3-5,8-12H2,1-2H3,(H,28,29). The Morgan fingerprint density at radius 2 is 1.69 bits per heavy atom. The van der Waals surface area contributed by atoms with Gasteiger partial charge < -0.3 is 5.11 Å². The van der Waals surface area contributed by atoms with Crippen molar-refractivity contribution >= 4 is 29.1 Å². The fourth-order valence-corrected chi connectivity index (χ4v) is 7.32. The van der Waals surface area contributed by atoms with E-state index in [-0.39, 0.29) is 21.5 Å². The van der Waals surface area contributed by atoms with Gasteiger partial charge in [-0.15, -0.1) is 0 Å². The van der Waals surface area contributed by atoms with Crippen LogP contribution in [0.25, 0.3) is 0 Å². The Morgan fingerprint density at radius 1 is 1.10 bits per heavy atom. The van der Waals surface area contributed by atoms with Crippen molar-refractivity contribution in [2.45, 2.75) is 70.8 Å². The number of Topliss-reactive ketones (excluding diaryl/α,β-unsaturated/α-hetero) is 1. The van der Waals surface area contributed by atoms with Crippen LogP contribution in [0.15, 0.2) is 17.1 Å². The van der Waals surface area contributed by atoms with Crippen LogP contribution in [0.4, 0.5) is 0 Å². The van der Waals surface area contributed by atoms with Crippen molar-refractivity contribution in [2.24, 2.45) is 28.2 Å². The molecule has 4 fully saturated rings. The minimum absolute atomic E-state index is 0.0834. The van der Waals surface area contributed by atoms with Crippen LogP contribution in [0, 0.1) is 23.2 Å². The molecule has 1 aromatic carbocycles. The number of carbonyl (C=O) groups is 2. The molecule has 0 unspecified atom stereocenters. The first-order chi connectivity index (χ1) is 13.6. The largest absolute Gasteiger partial charge is 0.478 e. The maximum absolute atomic E-state index is 13.6. The molecule has 1 N–H and O–H groups in total. The number of hydrogen-bond acceptors (Lipinski definition) is 3. The lowest BCUT2D eigenvalue weighted by molar-refractivity contribution is -0.142. The summed E-state index contributed by atoms with van der Waals surface area (Å²) < 4.78 is 0. The molecule has 1 aromatic rings. The van der Waals surface area contributed by atoms with E-state index < -0.39 is 5.97 Å². The summed E-state index contributed by atoms with van der Waals surface area (Å²) in [7, 11) is 0. The maximum atomic E-state index is 13.6. The zero-order valence-electron chi connectivity index (χ0n) is 17.1. The molecule has 0 atom stereocenters. The molecule has 0 amide bonds. The fourth-order valence-electron chi connectivity index (χ4n) is 7.05. The highest BCUT2D eigenvalue weighted by atomic mass is 35.5. The monoisotopic (exact) mass is 413 g/mol. The van der Waals surface area contributed by atoms with E-state index in [0.717, 1.165) is 53.9 Å². The number of nitrogens with zero attached hydrogens (tertiary/aromatic N) is 1. The van der Waals surface area contributed by atoms with Crippen molar-refractivity contribution in [1.82, 2.24) is 0 Å². The normalized spacial score (nSPS) is 33.9. The van der Waals surface area contributed by atoms with E-state index in [9.17, 15) is 14.7 Å². The van der Waals surface area contributed by atoms with E-state index in [1.807, 2.05) is 0 Å². The number of fused-ring (bicyclic) bond motifs is 1. The van der Waals surface area contributed by atoms with E-state index in [1.54, 1.807) is 12.1 Å². The minimum atomic E-state index is -1.05. The predicted octanol–water partition coefficient (Wildman–Crippen LogP) is 5.34. The second-order valence-corrected chi connectivity index (χ2v) is 11.0. The summed E-state index contributed by atoms with van der Waals surface area (Å²) in [5, 5.41) is 9.75. The molecule has 29 heavy (non-hydrogen) atoms. The lowest BCUT2D eigenvalue weighted by Crippen LogP contribution is -2.50. The van der Waals surface area contributed by atoms with Gasteiger partial charge >= 0.3 is 5.97 Å². The van der Waals surface area contributed by atoms with Gasteiger partial charge in [0.25, 0.3) is 0 Å². The molecular formula is C24H28ClNO3. The minimum Gasteiger partial charge on any atom is -0.478 e. The molecule has 4 saturated carbocycles. The average molecular weight is 414 g/mol. The molecule has 4 aliphatic carbocycles. The molecule has 5 aliphatic rings. The van der Waals surface area contributed by atoms with Crippen molar-refractivity contribution in [2.75, 3.05) is 0 Å². The Hall–Kier alpha value is -1.68. The summed E-state index contributed by atoms with van der Waals surface area (Å²) in [4.78, 5) is 30.2. The SMILES string of the molecule is CC1(C)Cc2cc(Cl)c(C(=O)O)cc2C(CC(=O)C23CC4CC(CC(C4)C2)C3)=N1. The molecular weight excluding hydrogens is 386 g/mol. The van der Waals surface area contributed by atoms with Crippen molar-refractivity contribution in [3.63, 3.8) is 0 Å². The molecule has 154 valence electrons. The van der Waals surface area contributed by atoms with E-state index in [4.69, 9.17) is 16.6 Å². The zero-order chi connectivity index (χ0) is 20.6. The maximum Gasteiger partial charge on any atom is 0.337 e. The zero-order valence-corrected chi connectivity index (χ0v) is 17.9. The molecule has 0 radical (unpaired) electrons. The van der Waals surface area contributed by atoms with E-state index in [1.165, 1.54) is 19.3 Å². The van der Waals surface area contributed by atoms with Crippen LogP contribution in [0.3, 0.4) is 0 Å². The first-order valence-corrected chi connectivity index (χ1v) is 11.2. The Morgan fingerprint density at radius 3 is 2.24 bits per heavy atom. The molecule has 4 bridgehead atoms. The quantitative estimate of drug-likeness (QED) is 0.724. The third-order valence-corrected chi connectivity index (χ3v) is 8.07. The summed E-state index contributed by atoms with van der Waals surface area (Å²) in [5.41, 5.74) is 2.13. The predicted molar refractivity (Wildman–Crippen MR) is 113 cm³/mol. The number of ketones is 1. The molecule has 4 nitrogen and oxygen atoms in total. The number of aliphatic imine (C=N–C) groups is 1. The molecule has 1 aliphatic heterocycles. The second kappa shape index (κ2) is 6.41. The lowest BCUT2D eigenvalue weighted by atomic mass is 9.48. The summed E-state index contributed by atoms with van der Waals surface area (Å²) in [5.74, 6) is 1.44. The number of carbonyl (C=O) groups excluding carboxylic acids is 1. The Kier molecular flexibility index (Phi) is 4.26. The van der Waals surface area contributed by atoms with Crippen LogP contribution in [0.5, 0.6) is 0 Å². The number of hydrogen-bond donors (Lipinski definition) is 1. The van der Waals surface area contributed by atoms with Gasteiger partial charge in [-0.25, -0.2) is 4.79 Å². The number of aromatic carboxylic acids is 1. The Balaban J connectivity index is 1.49. The van der Waals surface area contributed by atoms with Gasteiger partial charge in [-0.2, -0.15) is 0 Å². The van der Waals surface area contributed by atoms with Crippen molar-refractivity contribution in [3.05, 3.63) is 33.8 Å². The third-order valence-electron chi connectivity index (χ3n) is 7.75. The first kappa shape index (κ1) is 19.3. The molecule has 1 heterocycles. The van der Waals surface area contributed by atoms with Gasteiger partial charge in [0.1, 0.15) is 5.78 Å². The van der Waals surface area contributed by atoms with Gasteiger partial charge in [0, 0.05) is 17.4 Å². The summed E-state index contributed by atoms with van der Waals surface area (Å²) >= 11 is 6.23. The summed E-state index contributed by atoms with van der Waals surface area (Å²) in [6.07, 6.45) is 8.06. The molecule has 0 aromatic heterocycles. The molecule has 0 spiro atoms. The summed E-state index contributed by atoms with van der Waals surface area (Å²) in [6.45, 7) is 4.12. The van der Waals surface area contributed by atoms with Gasteiger partial charge in [-0.05, 0) is 94.2 Å². The Bertz CT molecular complexity index is 910. The highest BCUT2D eigenvalue weighted by Crippen LogP contribution is 2.60. The number of carboxylic acid groups (broad SMARTS) is 1. The van der Waals surface area contributed by atoms with Gasteiger partial charge in [0.15, 0.2) is 0 Å². The van der Waals surface area contributed by atoms with Gasteiger partial charge in [0.2, 0.25) is 0 Å². The van der Waals surface area contributed by atoms with Gasteiger partial charge in [-0.3, -0.25) is 9.79 Å². The molecule has 0 saturated heterocycles. The van der Waals surface area contributed by atoms with Gasteiger partial charge in [-0.1, -0.05) is 11.6 Å². The number of benzene rings is 1. The van der Waals surface area contributed by atoms with Crippen molar-refractivity contribution in [3.8, 4) is 0 Å². The third kappa shape index (κ3) is 3.24. The second-order valence-electron chi connectivity index (χ2n) is 10.6. The number of halogens is 1. The van der Waals surface area contributed by atoms with Crippen LogP contribution in [-0.4, -0.2) is 28.1 Å². The number of carboxylic acids is 1. The molecule has 5 heteroatoms. The summed E-state index contributed by atoms with van der Waals surface area (Å²) in [6, 6.07) is 3.38. The Labute approximate surface area is 176 Å². The highest BCUT2D eigenvalue weighted by Gasteiger charge is 2.54.